The van der Waals surface area contributed by atoms with Crippen LogP contribution >= 0.6 is 23.2 Å². The highest BCUT2D eigenvalue weighted by atomic mass is 35.5. The van der Waals surface area contributed by atoms with Crippen LogP contribution < -0.4 is 16.6 Å². The molecule has 0 bridgehead atoms. The van der Waals surface area contributed by atoms with Gasteiger partial charge in [0.05, 0.1) is 28.2 Å². The van der Waals surface area contributed by atoms with Crippen LogP contribution in [0.2, 0.25) is 10.3 Å². The number of aromatic nitrogens is 6. The van der Waals surface area contributed by atoms with Gasteiger partial charge in [-0.25, -0.2) is 19.9 Å². The number of aromatic amines is 2. The van der Waals surface area contributed by atoms with Gasteiger partial charge in [0.2, 0.25) is 0 Å². The van der Waals surface area contributed by atoms with Gasteiger partial charge in [-0.2, -0.15) is 10.5 Å². The van der Waals surface area contributed by atoms with Gasteiger partial charge in [-0.3, -0.25) is 9.59 Å². The number of pyridine rings is 2. The molecule has 0 atom stereocenters. The third-order valence-electron chi connectivity index (χ3n) is 6.12. The minimum absolute atomic E-state index is 0.00000567. The van der Waals surface area contributed by atoms with Crippen molar-refractivity contribution in [3.05, 3.63) is 121 Å². The molecule has 6 rings (SSSR count). The fourth-order valence-electron chi connectivity index (χ4n) is 4.15. The number of aryl methyl sites for hydroxylation is 2. The molecule has 0 aliphatic heterocycles. The summed E-state index contributed by atoms with van der Waals surface area (Å²) in [5.41, 5.74) is 1.88. The fourth-order valence-corrected chi connectivity index (χ4v) is 4.56. The minimum Gasteiger partial charge on any atom is -0.423 e. The van der Waals surface area contributed by atoms with E-state index in [4.69, 9.17) is 38.5 Å². The highest BCUT2D eigenvalue weighted by molar-refractivity contribution is 6.58. The van der Waals surface area contributed by atoms with Crippen molar-refractivity contribution in [2.24, 2.45) is 0 Å². The summed E-state index contributed by atoms with van der Waals surface area (Å²) < 4.78 is 0. The van der Waals surface area contributed by atoms with Crippen LogP contribution in [0.5, 0.6) is 0 Å². The third-order valence-corrected chi connectivity index (χ3v) is 6.68. The Kier molecular flexibility index (Phi) is 10.4. The molecule has 0 saturated carbocycles. The van der Waals surface area contributed by atoms with E-state index in [9.17, 15) is 14.9 Å². The summed E-state index contributed by atoms with van der Waals surface area (Å²) in [6, 6.07) is 21.7. The van der Waals surface area contributed by atoms with Gasteiger partial charge in [-0.05, 0) is 19.3 Å². The molecular weight excluding hydrogens is 618 g/mol. The lowest BCUT2D eigenvalue weighted by atomic mass is 9.81. The lowest BCUT2D eigenvalue weighted by molar-refractivity contribution is 0.426. The van der Waals surface area contributed by atoms with Crippen LogP contribution in [-0.2, 0) is 0 Å². The second kappa shape index (κ2) is 14.4. The number of fused-ring (bicyclic) bond motifs is 2. The Morgan fingerprint density at radius 2 is 1.29 bits per heavy atom. The molecule has 12 nitrogen and oxygen atoms in total. The maximum absolute atomic E-state index is 12.2. The largest absolute Gasteiger partial charge is 0.488 e. The van der Waals surface area contributed by atoms with E-state index in [0.29, 0.717) is 33.8 Å². The van der Waals surface area contributed by atoms with Crippen LogP contribution in [0.25, 0.3) is 33.1 Å². The van der Waals surface area contributed by atoms with E-state index < -0.39 is 12.7 Å². The van der Waals surface area contributed by atoms with Crippen LogP contribution in [-0.4, -0.2) is 47.1 Å². The molecule has 0 amide bonds. The first-order valence-corrected chi connectivity index (χ1v) is 13.7. The quantitative estimate of drug-likeness (QED) is 0.161. The average Bonchev–Trinajstić information content (AvgIpc) is 3.02. The molecule has 45 heavy (non-hydrogen) atoms. The predicted molar refractivity (Wildman–Crippen MR) is 171 cm³/mol. The first-order valence-electron chi connectivity index (χ1n) is 13.0. The van der Waals surface area contributed by atoms with Gasteiger partial charge < -0.3 is 20.0 Å². The Bertz CT molecular complexity index is 2220. The molecule has 15 heteroatoms. The van der Waals surface area contributed by atoms with Crippen molar-refractivity contribution in [3.8, 4) is 23.4 Å². The van der Waals surface area contributed by atoms with Crippen molar-refractivity contribution in [2.75, 3.05) is 0 Å². The second-order valence-electron chi connectivity index (χ2n) is 9.21. The number of nitrogens with one attached hydrogen (secondary N) is 2. The maximum atomic E-state index is 12.2. The van der Waals surface area contributed by atoms with Gasteiger partial charge in [-0.15, -0.1) is 0 Å². The fraction of sp³-hybridized carbons (Fsp3) is 0.0667. The smallest absolute Gasteiger partial charge is 0.423 e. The van der Waals surface area contributed by atoms with Crippen LogP contribution in [0.3, 0.4) is 0 Å². The molecule has 4 aromatic heterocycles. The lowest BCUT2D eigenvalue weighted by Gasteiger charge is -2.08. The van der Waals surface area contributed by atoms with Gasteiger partial charge >= 0.3 is 7.12 Å². The standard InChI is InChI=1S/C15H9ClN4O.C9H5ClN4O.C6H7BO2/c1-8-18-13-11(15(21)19-8)10(7-17)14(16)20-12(13)9-5-3-2-4-6-9;1-4-13-6-3-12-8(10)5(2-11)7(6)9(15)14-4;8-7(9)6-4-2-1-3-5-6/h2-6H,1H3,(H,18,19,21);3H,1H3,(H,13,14,15);1-5,8-9H. The monoisotopic (exact) mass is 638 g/mol. The van der Waals surface area contributed by atoms with Crippen molar-refractivity contribution < 1.29 is 10.0 Å². The van der Waals surface area contributed by atoms with Crippen LogP contribution in [0.15, 0.2) is 76.4 Å². The molecule has 4 N–H and O–H groups in total. The van der Waals surface area contributed by atoms with E-state index in [1.165, 1.54) is 6.20 Å². The van der Waals surface area contributed by atoms with Crippen LogP contribution in [0, 0.1) is 36.5 Å². The molecule has 0 saturated heterocycles. The van der Waals surface area contributed by atoms with Crippen molar-refractivity contribution in [3.63, 3.8) is 0 Å². The normalized spacial score (nSPS) is 10.1. The summed E-state index contributed by atoms with van der Waals surface area (Å²) in [6.07, 6.45) is 1.38. The van der Waals surface area contributed by atoms with Crippen LogP contribution in [0.1, 0.15) is 22.8 Å². The number of H-pyrrole nitrogens is 2. The van der Waals surface area contributed by atoms with Gasteiger partial charge in [0, 0.05) is 5.56 Å². The topological polar surface area (TPSA) is 205 Å². The molecule has 222 valence electrons. The summed E-state index contributed by atoms with van der Waals surface area (Å²) in [7, 11) is -1.34. The lowest BCUT2D eigenvalue weighted by Crippen LogP contribution is -2.29. The summed E-state index contributed by atoms with van der Waals surface area (Å²) >= 11 is 11.8. The average molecular weight is 639 g/mol. The Hall–Kier alpha value is -5.44. The molecule has 0 aliphatic rings. The number of hydrogen-bond donors (Lipinski definition) is 4. The summed E-state index contributed by atoms with van der Waals surface area (Å²) in [5.74, 6) is 0.929. The van der Waals surface area contributed by atoms with Crippen molar-refractivity contribution in [2.45, 2.75) is 13.8 Å². The Morgan fingerprint density at radius 1 is 0.756 bits per heavy atom. The molecule has 4 heterocycles. The SMILES string of the molecule is Cc1nc2c(-c3ccccc3)nc(Cl)c(C#N)c2c(=O)[nH]1.Cc1nc2cnc(Cl)c(C#N)c2c(=O)[nH]1.OB(O)c1ccccc1. The second-order valence-corrected chi connectivity index (χ2v) is 9.93. The number of hydrogen-bond acceptors (Lipinski definition) is 10. The summed E-state index contributed by atoms with van der Waals surface area (Å²) in [6.45, 7) is 3.33. The van der Waals surface area contributed by atoms with E-state index in [1.54, 1.807) is 38.1 Å². The third kappa shape index (κ3) is 7.38. The Labute approximate surface area is 265 Å². The van der Waals surface area contributed by atoms with Gasteiger partial charge in [0.15, 0.2) is 0 Å². The number of nitrogens with zero attached hydrogens (tertiary/aromatic N) is 6. The highest BCUT2D eigenvalue weighted by Crippen LogP contribution is 2.29. The molecule has 0 spiro atoms. The zero-order chi connectivity index (χ0) is 32.7. The predicted octanol–water partition coefficient (Wildman–Crippen LogP) is 3.34. The number of rotatable bonds is 2. The molecule has 0 unspecified atom stereocenters. The maximum Gasteiger partial charge on any atom is 0.488 e. The molecule has 0 aliphatic carbocycles. The minimum atomic E-state index is -1.34. The van der Waals surface area contributed by atoms with E-state index in [1.807, 2.05) is 48.5 Å². The first kappa shape index (κ1) is 32.5. The number of benzene rings is 2. The summed E-state index contributed by atoms with van der Waals surface area (Å²) in [5, 5.41) is 35.6. The van der Waals surface area contributed by atoms with E-state index >= 15 is 0 Å². The van der Waals surface area contributed by atoms with Gasteiger partial charge in [0.25, 0.3) is 11.1 Å². The highest BCUT2D eigenvalue weighted by Gasteiger charge is 2.18. The Morgan fingerprint density at radius 3 is 1.84 bits per heavy atom. The molecule has 2 aromatic carbocycles. The van der Waals surface area contributed by atoms with Crippen LogP contribution in [0.4, 0.5) is 0 Å². The molecule has 6 aromatic rings. The van der Waals surface area contributed by atoms with Crippen molar-refractivity contribution in [1.29, 1.82) is 10.5 Å². The van der Waals surface area contributed by atoms with Crippen molar-refractivity contribution in [1.82, 2.24) is 29.9 Å². The summed E-state index contributed by atoms with van der Waals surface area (Å²) in [4.78, 5) is 45.3. The molecule has 0 radical (unpaired) electrons. The zero-order valence-corrected chi connectivity index (χ0v) is 25.1. The zero-order valence-electron chi connectivity index (χ0n) is 23.6. The molecule has 0 fully saturated rings. The van der Waals surface area contributed by atoms with Gasteiger partial charge in [0.1, 0.15) is 50.7 Å². The first-order chi connectivity index (χ1) is 21.5. The number of nitriles is 2. The van der Waals surface area contributed by atoms with E-state index in [0.717, 1.165) is 5.56 Å². The van der Waals surface area contributed by atoms with E-state index in [2.05, 4.69) is 29.9 Å². The molecular formula is C30H21BCl2N8O4. The van der Waals surface area contributed by atoms with Gasteiger partial charge in [-0.1, -0.05) is 83.9 Å². The Balaban J connectivity index is 0.000000167. The van der Waals surface area contributed by atoms with Crippen molar-refractivity contribution >= 4 is 57.6 Å². The van der Waals surface area contributed by atoms with E-state index in [-0.39, 0.29) is 37.8 Å². The number of halogens is 2.